The van der Waals surface area contributed by atoms with Gasteiger partial charge >= 0.3 is 12.1 Å². The maximum atomic E-state index is 12.7. The second-order valence-corrected chi connectivity index (χ2v) is 5.83. The molecule has 2 aromatic rings. The molecule has 27 heavy (non-hydrogen) atoms. The number of alkyl halides is 3. The highest BCUT2D eigenvalue weighted by Crippen LogP contribution is 2.30. The number of allylic oxidation sites excluding steroid dienone is 4. The van der Waals surface area contributed by atoms with Gasteiger partial charge < -0.3 is 4.74 Å². The summed E-state index contributed by atoms with van der Waals surface area (Å²) in [5.74, 6) is -0.469. The molecule has 0 atom stereocenters. The third kappa shape index (κ3) is 6.29. The van der Waals surface area contributed by atoms with E-state index in [0.717, 1.165) is 28.8 Å². The number of methoxy groups -OCH3 is 1. The highest BCUT2D eigenvalue weighted by molar-refractivity contribution is 5.88. The van der Waals surface area contributed by atoms with E-state index in [4.69, 9.17) is 0 Å². The third-order valence-electron chi connectivity index (χ3n) is 3.77. The third-order valence-corrected chi connectivity index (χ3v) is 3.77. The summed E-state index contributed by atoms with van der Waals surface area (Å²) >= 11 is 0. The second kappa shape index (κ2) is 9.03. The average molecular weight is 372 g/mol. The molecule has 0 aliphatic carbocycles. The topological polar surface area (TPSA) is 26.3 Å². The second-order valence-electron chi connectivity index (χ2n) is 5.83. The zero-order valence-corrected chi connectivity index (χ0v) is 15.0. The summed E-state index contributed by atoms with van der Waals surface area (Å²) in [5.41, 5.74) is 2.75. The van der Waals surface area contributed by atoms with Crippen LogP contribution in [-0.4, -0.2) is 13.1 Å². The minimum absolute atomic E-state index is 0.469. The van der Waals surface area contributed by atoms with E-state index >= 15 is 0 Å². The molecule has 0 saturated carbocycles. The van der Waals surface area contributed by atoms with E-state index in [2.05, 4.69) is 4.74 Å². The van der Waals surface area contributed by atoms with E-state index in [9.17, 15) is 18.0 Å². The van der Waals surface area contributed by atoms with Crippen LogP contribution in [0.15, 0.2) is 72.8 Å². The Morgan fingerprint density at radius 2 is 1.52 bits per heavy atom. The van der Waals surface area contributed by atoms with Crippen LogP contribution in [0.5, 0.6) is 0 Å². The lowest BCUT2D eigenvalue weighted by atomic mass is 10.0. The van der Waals surface area contributed by atoms with Gasteiger partial charge in [-0.25, -0.2) is 4.79 Å². The Labute approximate surface area is 156 Å². The first-order valence-electron chi connectivity index (χ1n) is 8.18. The van der Waals surface area contributed by atoms with E-state index in [1.165, 1.54) is 25.3 Å². The quantitative estimate of drug-likeness (QED) is 0.285. The van der Waals surface area contributed by atoms with Crippen molar-refractivity contribution in [2.24, 2.45) is 0 Å². The number of carbonyl (C=O) groups excluding carboxylic acids is 1. The predicted octanol–water partition coefficient (Wildman–Crippen LogP) is 5.84. The molecule has 0 aromatic heterocycles. The molecule has 0 fully saturated rings. The normalized spacial score (nSPS) is 12.7. The molecule has 2 nitrogen and oxygen atoms in total. The highest BCUT2D eigenvalue weighted by Gasteiger charge is 2.29. The predicted molar refractivity (Wildman–Crippen MR) is 101 cm³/mol. The van der Waals surface area contributed by atoms with Crippen molar-refractivity contribution >= 4 is 17.6 Å². The van der Waals surface area contributed by atoms with Crippen LogP contribution in [0.4, 0.5) is 13.2 Å². The molecule has 0 aliphatic rings. The molecule has 2 rings (SSSR count). The van der Waals surface area contributed by atoms with Crippen LogP contribution < -0.4 is 0 Å². The van der Waals surface area contributed by atoms with Gasteiger partial charge in [-0.2, -0.15) is 13.2 Å². The number of esters is 1. The summed E-state index contributed by atoms with van der Waals surface area (Å²) in [6.45, 7) is 1.97. The van der Waals surface area contributed by atoms with Gasteiger partial charge in [0.2, 0.25) is 0 Å². The zero-order valence-electron chi connectivity index (χ0n) is 15.0. The summed E-state index contributed by atoms with van der Waals surface area (Å²) in [5, 5.41) is 0. The molecule has 0 spiro atoms. The zero-order chi connectivity index (χ0) is 19.9. The van der Waals surface area contributed by atoms with Crippen molar-refractivity contribution < 1.29 is 22.7 Å². The largest absolute Gasteiger partial charge is 0.466 e. The lowest BCUT2D eigenvalue weighted by Crippen LogP contribution is -2.03. The van der Waals surface area contributed by atoms with Gasteiger partial charge in [-0.15, -0.1) is 0 Å². The lowest BCUT2D eigenvalue weighted by Gasteiger charge is -2.07. The minimum Gasteiger partial charge on any atom is -0.466 e. The van der Waals surface area contributed by atoms with Crippen LogP contribution in [0, 0.1) is 6.92 Å². The van der Waals surface area contributed by atoms with Crippen molar-refractivity contribution in [1.82, 2.24) is 0 Å². The van der Waals surface area contributed by atoms with Gasteiger partial charge in [0.05, 0.1) is 12.7 Å². The molecule has 0 aliphatic heterocycles. The number of benzene rings is 2. The maximum Gasteiger partial charge on any atom is 0.416 e. The van der Waals surface area contributed by atoms with E-state index in [1.54, 1.807) is 24.3 Å². The first kappa shape index (κ1) is 20.2. The molecule has 0 heterocycles. The van der Waals surface area contributed by atoms with Gasteiger partial charge in [-0.1, -0.05) is 60.2 Å². The fraction of sp³-hybridized carbons (Fsp3) is 0.136. The fourth-order valence-corrected chi connectivity index (χ4v) is 2.28. The molecular formula is C22H19F3O2. The Morgan fingerprint density at radius 1 is 0.926 bits per heavy atom. The number of hydrogen-bond acceptors (Lipinski definition) is 2. The SMILES string of the molecule is COC(=O)/C=C/C=C/C(=C/c1ccc(C(F)(F)F)cc1)c1ccc(C)cc1. The number of halogens is 3. The summed E-state index contributed by atoms with van der Waals surface area (Å²) in [4.78, 5) is 11.1. The molecule has 0 saturated heterocycles. The Hall–Kier alpha value is -3.08. The first-order chi connectivity index (χ1) is 12.8. The average Bonchev–Trinajstić information content (AvgIpc) is 2.64. The van der Waals surface area contributed by atoms with Crippen LogP contribution in [-0.2, 0) is 15.7 Å². The number of rotatable bonds is 5. The van der Waals surface area contributed by atoms with E-state index in [0.29, 0.717) is 5.56 Å². The van der Waals surface area contributed by atoms with Crippen molar-refractivity contribution in [3.05, 3.63) is 95.1 Å². The Kier molecular flexibility index (Phi) is 6.77. The van der Waals surface area contributed by atoms with Crippen LogP contribution in [0.3, 0.4) is 0 Å². The van der Waals surface area contributed by atoms with Gasteiger partial charge in [-0.3, -0.25) is 0 Å². The lowest BCUT2D eigenvalue weighted by molar-refractivity contribution is -0.137. The molecule has 0 radical (unpaired) electrons. The van der Waals surface area contributed by atoms with Gasteiger partial charge in [0.25, 0.3) is 0 Å². The van der Waals surface area contributed by atoms with Crippen LogP contribution in [0.25, 0.3) is 11.6 Å². The molecule has 5 heteroatoms. The van der Waals surface area contributed by atoms with Crippen molar-refractivity contribution in [2.45, 2.75) is 13.1 Å². The number of aryl methyl sites for hydroxylation is 1. The Balaban J connectivity index is 2.35. The Bertz CT molecular complexity index is 856. The van der Waals surface area contributed by atoms with E-state index < -0.39 is 17.7 Å². The summed E-state index contributed by atoms with van der Waals surface area (Å²) in [7, 11) is 1.29. The Morgan fingerprint density at radius 3 is 2.07 bits per heavy atom. The first-order valence-corrected chi connectivity index (χ1v) is 8.18. The summed E-state index contributed by atoms with van der Waals surface area (Å²) in [6, 6.07) is 12.7. The van der Waals surface area contributed by atoms with Gasteiger partial charge in [0, 0.05) is 6.08 Å². The molecule has 0 N–H and O–H groups in total. The molecule has 0 amide bonds. The molecular weight excluding hydrogens is 353 g/mol. The van der Waals surface area contributed by atoms with Gasteiger partial charge in [0.1, 0.15) is 0 Å². The van der Waals surface area contributed by atoms with Crippen LogP contribution >= 0.6 is 0 Å². The van der Waals surface area contributed by atoms with Crippen molar-refractivity contribution in [3.63, 3.8) is 0 Å². The van der Waals surface area contributed by atoms with Crippen molar-refractivity contribution in [1.29, 1.82) is 0 Å². The number of hydrogen-bond donors (Lipinski definition) is 0. The molecule has 140 valence electrons. The molecule has 0 bridgehead atoms. The van der Waals surface area contributed by atoms with Crippen LogP contribution in [0.2, 0.25) is 0 Å². The van der Waals surface area contributed by atoms with Gasteiger partial charge in [0.15, 0.2) is 0 Å². The minimum atomic E-state index is -4.36. The number of ether oxygens (including phenoxy) is 1. The number of carbonyl (C=O) groups is 1. The standard InChI is InChI=1S/C22H19F3O2/c1-16-7-11-18(12-8-16)19(5-3-4-6-21(26)27-2)15-17-9-13-20(14-10-17)22(23,24)25/h3-15H,1-2H3/b5-3+,6-4+,19-15-. The fourth-order valence-electron chi connectivity index (χ4n) is 2.28. The van der Waals surface area contributed by atoms with E-state index in [-0.39, 0.29) is 0 Å². The monoisotopic (exact) mass is 372 g/mol. The van der Waals surface area contributed by atoms with Crippen molar-refractivity contribution in [2.75, 3.05) is 7.11 Å². The van der Waals surface area contributed by atoms with Crippen molar-refractivity contribution in [3.8, 4) is 0 Å². The summed E-state index contributed by atoms with van der Waals surface area (Å²) in [6.07, 6.45) is 3.70. The van der Waals surface area contributed by atoms with Crippen LogP contribution in [0.1, 0.15) is 22.3 Å². The van der Waals surface area contributed by atoms with E-state index in [1.807, 2.05) is 31.2 Å². The summed E-state index contributed by atoms with van der Waals surface area (Å²) < 4.78 is 42.7. The smallest absolute Gasteiger partial charge is 0.416 e. The molecule has 0 unspecified atom stereocenters. The molecule has 2 aromatic carbocycles. The maximum absolute atomic E-state index is 12.7. The highest BCUT2D eigenvalue weighted by atomic mass is 19.4. The van der Waals surface area contributed by atoms with Gasteiger partial charge in [-0.05, 0) is 41.8 Å².